The smallest absolute Gasteiger partial charge is 0.410 e. The quantitative estimate of drug-likeness (QED) is 0.902. The zero-order valence-corrected chi connectivity index (χ0v) is 12.9. The number of ether oxygens (including phenoxy) is 2. The fourth-order valence-corrected chi connectivity index (χ4v) is 2.32. The van der Waals surface area contributed by atoms with E-state index in [4.69, 9.17) is 9.47 Å². The third kappa shape index (κ3) is 3.64. The molecule has 1 aliphatic rings. The molecule has 6 heteroatoms. The molecule has 116 valence electrons. The molecular formula is C15H22N2O4. The van der Waals surface area contributed by atoms with Crippen LogP contribution in [0, 0.1) is 0 Å². The van der Waals surface area contributed by atoms with Crippen LogP contribution in [0.2, 0.25) is 0 Å². The van der Waals surface area contributed by atoms with Crippen LogP contribution < -0.4 is 4.74 Å². The molecule has 0 saturated carbocycles. The molecule has 1 aliphatic heterocycles. The molecule has 2 heterocycles. The van der Waals surface area contributed by atoms with Gasteiger partial charge in [-0.05, 0) is 38.8 Å². The fourth-order valence-electron chi connectivity index (χ4n) is 2.32. The molecule has 1 aromatic rings. The third-order valence-corrected chi connectivity index (χ3v) is 3.38. The molecule has 0 aromatic carbocycles. The maximum Gasteiger partial charge on any atom is 0.410 e. The number of likely N-dealkylation sites (tertiary alicyclic amines) is 1. The molecule has 6 nitrogen and oxygen atoms in total. The lowest BCUT2D eigenvalue weighted by atomic mass is 9.94. The van der Waals surface area contributed by atoms with Crippen molar-refractivity contribution in [3.05, 3.63) is 23.9 Å². The third-order valence-electron chi connectivity index (χ3n) is 3.38. The Morgan fingerprint density at radius 2 is 2.19 bits per heavy atom. The minimum Gasteiger partial charge on any atom is -0.481 e. The van der Waals surface area contributed by atoms with Gasteiger partial charge in [-0.15, -0.1) is 0 Å². The summed E-state index contributed by atoms with van der Waals surface area (Å²) in [5.74, 6) is 0.441. The predicted molar refractivity (Wildman–Crippen MR) is 77.1 cm³/mol. The maximum absolute atomic E-state index is 12.1. The number of aliphatic hydroxyl groups is 1. The van der Waals surface area contributed by atoms with Crippen molar-refractivity contribution < 1.29 is 19.4 Å². The van der Waals surface area contributed by atoms with Gasteiger partial charge in [-0.3, -0.25) is 0 Å². The zero-order chi connectivity index (χ0) is 15.7. The van der Waals surface area contributed by atoms with Gasteiger partial charge in [0, 0.05) is 18.8 Å². The number of β-amino-alcohol motifs (C(OH)–C–C–N with tert-alkyl or cyclic N) is 1. The summed E-state index contributed by atoms with van der Waals surface area (Å²) >= 11 is 0. The van der Waals surface area contributed by atoms with E-state index in [-0.39, 0.29) is 6.54 Å². The van der Waals surface area contributed by atoms with Crippen LogP contribution in [0.25, 0.3) is 0 Å². The lowest BCUT2D eigenvalue weighted by Gasteiger charge is -2.26. The summed E-state index contributed by atoms with van der Waals surface area (Å²) in [5, 5.41) is 10.8. The topological polar surface area (TPSA) is 71.9 Å². The first-order chi connectivity index (χ1) is 9.73. The molecular weight excluding hydrogens is 272 g/mol. The second-order valence-electron chi connectivity index (χ2n) is 6.27. The summed E-state index contributed by atoms with van der Waals surface area (Å²) in [6, 6.07) is 3.43. The molecule has 1 unspecified atom stereocenters. The van der Waals surface area contributed by atoms with Crippen molar-refractivity contribution in [2.75, 3.05) is 20.2 Å². The van der Waals surface area contributed by atoms with E-state index in [2.05, 4.69) is 4.98 Å². The van der Waals surface area contributed by atoms with Gasteiger partial charge in [0.2, 0.25) is 5.88 Å². The van der Waals surface area contributed by atoms with E-state index in [9.17, 15) is 9.90 Å². The van der Waals surface area contributed by atoms with Gasteiger partial charge in [0.25, 0.3) is 0 Å². The first-order valence-corrected chi connectivity index (χ1v) is 6.94. The van der Waals surface area contributed by atoms with Gasteiger partial charge in [-0.25, -0.2) is 9.78 Å². The lowest BCUT2D eigenvalue weighted by molar-refractivity contribution is 0.0139. The number of amides is 1. The number of pyridine rings is 1. The second-order valence-corrected chi connectivity index (χ2v) is 6.27. The number of carbonyl (C=O) groups excluding carboxylic acids is 1. The highest BCUT2D eigenvalue weighted by Crippen LogP contribution is 2.33. The van der Waals surface area contributed by atoms with Crippen molar-refractivity contribution >= 4 is 6.09 Å². The highest BCUT2D eigenvalue weighted by Gasteiger charge is 2.41. The van der Waals surface area contributed by atoms with Crippen molar-refractivity contribution in [1.29, 1.82) is 0 Å². The molecule has 0 bridgehead atoms. The normalized spacial score (nSPS) is 22.2. The number of rotatable bonds is 2. The van der Waals surface area contributed by atoms with Crippen LogP contribution in [0.3, 0.4) is 0 Å². The minimum absolute atomic E-state index is 0.203. The van der Waals surface area contributed by atoms with Crippen molar-refractivity contribution in [2.45, 2.75) is 38.4 Å². The van der Waals surface area contributed by atoms with Crippen molar-refractivity contribution in [3.8, 4) is 5.88 Å². The van der Waals surface area contributed by atoms with Gasteiger partial charge >= 0.3 is 6.09 Å². The van der Waals surface area contributed by atoms with Crippen molar-refractivity contribution in [3.63, 3.8) is 0 Å². The predicted octanol–water partition coefficient (Wildman–Crippen LogP) is 1.92. The van der Waals surface area contributed by atoms with Gasteiger partial charge in [0.15, 0.2) is 0 Å². The molecule has 0 spiro atoms. The molecule has 1 amide bonds. The van der Waals surface area contributed by atoms with E-state index >= 15 is 0 Å². The summed E-state index contributed by atoms with van der Waals surface area (Å²) in [7, 11) is 1.53. The average Bonchev–Trinajstić information content (AvgIpc) is 2.81. The molecule has 2 rings (SSSR count). The van der Waals surface area contributed by atoms with E-state index < -0.39 is 17.3 Å². The molecule has 1 saturated heterocycles. The fraction of sp³-hybridized carbons (Fsp3) is 0.600. The largest absolute Gasteiger partial charge is 0.481 e. The van der Waals surface area contributed by atoms with Crippen LogP contribution >= 0.6 is 0 Å². The number of aromatic nitrogens is 1. The Hall–Kier alpha value is -1.82. The molecule has 0 radical (unpaired) electrons. The number of hydrogen-bond donors (Lipinski definition) is 1. The molecule has 1 atom stereocenters. The highest BCUT2D eigenvalue weighted by atomic mass is 16.6. The van der Waals surface area contributed by atoms with Gasteiger partial charge in [-0.1, -0.05) is 0 Å². The monoisotopic (exact) mass is 294 g/mol. The number of methoxy groups -OCH3 is 1. The van der Waals surface area contributed by atoms with E-state index in [1.165, 1.54) is 12.0 Å². The number of nitrogens with zero attached hydrogens (tertiary/aromatic N) is 2. The van der Waals surface area contributed by atoms with E-state index in [1.54, 1.807) is 18.3 Å². The standard InChI is InChI=1S/C15H22N2O4/c1-14(2,3)21-13(18)17-8-6-15(19,10-17)11-5-7-16-12(9-11)20-4/h5,7,9,19H,6,8,10H2,1-4H3. The first-order valence-electron chi connectivity index (χ1n) is 6.94. The van der Waals surface area contributed by atoms with Gasteiger partial charge < -0.3 is 19.5 Å². The molecule has 0 aliphatic carbocycles. The summed E-state index contributed by atoms with van der Waals surface area (Å²) in [4.78, 5) is 17.6. The van der Waals surface area contributed by atoms with Crippen LogP contribution in [0.1, 0.15) is 32.8 Å². The first kappa shape index (κ1) is 15.6. The van der Waals surface area contributed by atoms with Crippen LogP contribution in [-0.2, 0) is 10.3 Å². The summed E-state index contributed by atoms with van der Waals surface area (Å²) < 4.78 is 10.4. The number of hydrogen-bond acceptors (Lipinski definition) is 5. The highest BCUT2D eigenvalue weighted by molar-refractivity contribution is 5.68. The van der Waals surface area contributed by atoms with Crippen LogP contribution in [-0.4, -0.2) is 46.9 Å². The van der Waals surface area contributed by atoms with E-state index in [0.717, 1.165) is 0 Å². The Balaban J connectivity index is 2.11. The van der Waals surface area contributed by atoms with E-state index in [1.807, 2.05) is 20.8 Å². The van der Waals surface area contributed by atoms with Crippen LogP contribution in [0.5, 0.6) is 5.88 Å². The van der Waals surface area contributed by atoms with Crippen LogP contribution in [0.15, 0.2) is 18.3 Å². The maximum atomic E-state index is 12.1. The lowest BCUT2D eigenvalue weighted by Crippen LogP contribution is -2.38. The Kier molecular flexibility index (Phi) is 4.09. The molecule has 21 heavy (non-hydrogen) atoms. The molecule has 1 aromatic heterocycles. The minimum atomic E-state index is -1.09. The van der Waals surface area contributed by atoms with Crippen LogP contribution in [0.4, 0.5) is 4.79 Å². The van der Waals surface area contributed by atoms with Gasteiger partial charge in [0.05, 0.1) is 13.7 Å². The van der Waals surface area contributed by atoms with E-state index in [0.29, 0.717) is 24.4 Å². The number of carbonyl (C=O) groups is 1. The molecule has 1 fully saturated rings. The molecule has 1 N–H and O–H groups in total. The Bertz CT molecular complexity index is 527. The zero-order valence-electron chi connectivity index (χ0n) is 12.9. The second kappa shape index (κ2) is 5.52. The summed E-state index contributed by atoms with van der Waals surface area (Å²) in [6.07, 6.45) is 1.64. The van der Waals surface area contributed by atoms with Crippen molar-refractivity contribution in [1.82, 2.24) is 9.88 Å². The summed E-state index contributed by atoms with van der Waals surface area (Å²) in [6.45, 7) is 6.12. The van der Waals surface area contributed by atoms with Gasteiger partial charge in [0.1, 0.15) is 11.2 Å². The Labute approximate surface area is 124 Å². The SMILES string of the molecule is COc1cc(C2(O)CCN(C(=O)OC(C)(C)C)C2)ccn1. The summed E-state index contributed by atoms with van der Waals surface area (Å²) in [5.41, 5.74) is -0.939. The average molecular weight is 294 g/mol. The van der Waals surface area contributed by atoms with Crippen molar-refractivity contribution in [2.24, 2.45) is 0 Å². The Morgan fingerprint density at radius 3 is 2.81 bits per heavy atom. The Morgan fingerprint density at radius 1 is 1.48 bits per heavy atom. The van der Waals surface area contributed by atoms with Gasteiger partial charge in [-0.2, -0.15) is 0 Å².